The van der Waals surface area contributed by atoms with Crippen molar-refractivity contribution in [2.45, 2.75) is 12.5 Å². The summed E-state index contributed by atoms with van der Waals surface area (Å²) in [7, 11) is 10.9. The molecule has 0 amide bonds. The van der Waals surface area contributed by atoms with Gasteiger partial charge in [0.15, 0.2) is 17.5 Å². The van der Waals surface area contributed by atoms with Gasteiger partial charge in [0.1, 0.15) is 5.75 Å². The highest BCUT2D eigenvalue weighted by Gasteiger charge is 2.15. The Morgan fingerprint density at radius 1 is 0.933 bits per heavy atom. The predicted molar refractivity (Wildman–Crippen MR) is 122 cm³/mol. The quantitative estimate of drug-likeness (QED) is 0.460. The Bertz CT molecular complexity index is 807. The van der Waals surface area contributed by atoms with Crippen LogP contribution in [-0.2, 0) is 6.42 Å². The average Bonchev–Trinajstić information content (AvgIpc) is 2.77. The summed E-state index contributed by atoms with van der Waals surface area (Å²) in [5.74, 6) is 3.11. The SMILES string of the molecule is CN=C(NCCc1ccc(OC)c(OC)c1)NCC(c1ccc(OC)cc1)N(C)C. The number of rotatable bonds is 10. The van der Waals surface area contributed by atoms with E-state index in [9.17, 15) is 0 Å². The summed E-state index contributed by atoms with van der Waals surface area (Å²) in [6.07, 6.45) is 0.844. The van der Waals surface area contributed by atoms with Gasteiger partial charge in [0.05, 0.1) is 27.4 Å². The van der Waals surface area contributed by atoms with Crippen molar-refractivity contribution in [1.29, 1.82) is 0 Å². The molecule has 0 fully saturated rings. The fourth-order valence-corrected chi connectivity index (χ4v) is 3.20. The van der Waals surface area contributed by atoms with Crippen LogP contribution in [0, 0.1) is 0 Å². The van der Waals surface area contributed by atoms with E-state index in [2.05, 4.69) is 46.8 Å². The van der Waals surface area contributed by atoms with Crippen LogP contribution in [0.15, 0.2) is 47.5 Å². The Labute approximate surface area is 180 Å². The topological polar surface area (TPSA) is 67.4 Å². The van der Waals surface area contributed by atoms with Crippen LogP contribution in [0.5, 0.6) is 17.2 Å². The lowest BCUT2D eigenvalue weighted by molar-refractivity contribution is 0.298. The summed E-state index contributed by atoms with van der Waals surface area (Å²) in [4.78, 5) is 6.53. The van der Waals surface area contributed by atoms with E-state index in [0.717, 1.165) is 42.7 Å². The van der Waals surface area contributed by atoms with E-state index in [1.54, 1.807) is 28.4 Å². The second-order valence-corrected chi connectivity index (χ2v) is 7.07. The molecule has 1 atom stereocenters. The molecule has 0 aliphatic heterocycles. The molecule has 0 heterocycles. The molecule has 2 aromatic carbocycles. The second kappa shape index (κ2) is 11.9. The predicted octanol–water partition coefficient (Wildman–Crippen LogP) is 2.72. The molecule has 2 N–H and O–H groups in total. The third kappa shape index (κ3) is 6.56. The zero-order chi connectivity index (χ0) is 21.9. The number of ether oxygens (including phenoxy) is 3. The number of guanidine groups is 1. The molecule has 7 heteroatoms. The van der Waals surface area contributed by atoms with Crippen molar-refractivity contribution in [1.82, 2.24) is 15.5 Å². The van der Waals surface area contributed by atoms with Crippen LogP contribution >= 0.6 is 0 Å². The van der Waals surface area contributed by atoms with Gasteiger partial charge in [-0.15, -0.1) is 0 Å². The molecule has 0 aliphatic carbocycles. The number of methoxy groups -OCH3 is 3. The highest BCUT2D eigenvalue weighted by Crippen LogP contribution is 2.27. The van der Waals surface area contributed by atoms with Crippen molar-refractivity contribution in [3.8, 4) is 17.2 Å². The Balaban J connectivity index is 1.90. The van der Waals surface area contributed by atoms with E-state index in [4.69, 9.17) is 14.2 Å². The van der Waals surface area contributed by atoms with Gasteiger partial charge in [-0.25, -0.2) is 0 Å². The smallest absolute Gasteiger partial charge is 0.191 e. The first-order chi connectivity index (χ1) is 14.5. The van der Waals surface area contributed by atoms with Gasteiger partial charge in [-0.1, -0.05) is 18.2 Å². The standard InChI is InChI=1S/C23H34N4O3/c1-24-23(25-14-13-17-7-12-21(29-5)22(15-17)30-6)26-16-20(27(2)3)18-8-10-19(28-4)11-9-18/h7-12,15,20H,13-14,16H2,1-6H3,(H2,24,25,26). The molecule has 2 rings (SSSR count). The molecule has 1 unspecified atom stereocenters. The molecule has 0 radical (unpaired) electrons. The highest BCUT2D eigenvalue weighted by atomic mass is 16.5. The third-order valence-electron chi connectivity index (χ3n) is 4.96. The number of likely N-dealkylation sites (N-methyl/N-ethyl adjacent to an activating group) is 1. The van der Waals surface area contributed by atoms with Crippen LogP contribution in [0.4, 0.5) is 0 Å². The van der Waals surface area contributed by atoms with Crippen molar-refractivity contribution in [2.75, 3.05) is 55.6 Å². The number of nitrogens with zero attached hydrogens (tertiary/aromatic N) is 2. The third-order valence-corrected chi connectivity index (χ3v) is 4.96. The lowest BCUT2D eigenvalue weighted by Crippen LogP contribution is -2.42. The minimum Gasteiger partial charge on any atom is -0.497 e. The Kier molecular flexibility index (Phi) is 9.28. The first kappa shape index (κ1) is 23.3. The van der Waals surface area contributed by atoms with Gasteiger partial charge >= 0.3 is 0 Å². The molecule has 7 nitrogen and oxygen atoms in total. The summed E-state index contributed by atoms with van der Waals surface area (Å²) in [5.41, 5.74) is 2.38. The molecule has 30 heavy (non-hydrogen) atoms. The molecule has 0 bridgehead atoms. The van der Waals surface area contributed by atoms with Gasteiger partial charge < -0.3 is 29.7 Å². The summed E-state index contributed by atoms with van der Waals surface area (Å²) >= 11 is 0. The van der Waals surface area contributed by atoms with Gasteiger partial charge in [0, 0.05) is 20.1 Å². The number of hydrogen-bond donors (Lipinski definition) is 2. The second-order valence-electron chi connectivity index (χ2n) is 7.07. The zero-order valence-electron chi connectivity index (χ0n) is 18.9. The van der Waals surface area contributed by atoms with Crippen LogP contribution in [0.1, 0.15) is 17.2 Å². The van der Waals surface area contributed by atoms with E-state index in [1.807, 2.05) is 30.3 Å². The van der Waals surface area contributed by atoms with Crippen LogP contribution in [-0.4, -0.2) is 66.4 Å². The number of aliphatic imine (C=N–C) groups is 1. The van der Waals surface area contributed by atoms with Gasteiger partial charge in [0.2, 0.25) is 0 Å². The Morgan fingerprint density at radius 2 is 1.63 bits per heavy atom. The monoisotopic (exact) mass is 414 g/mol. The van der Waals surface area contributed by atoms with Crippen LogP contribution in [0.2, 0.25) is 0 Å². The number of nitrogens with one attached hydrogen (secondary N) is 2. The maximum Gasteiger partial charge on any atom is 0.191 e. The zero-order valence-corrected chi connectivity index (χ0v) is 18.9. The first-order valence-electron chi connectivity index (χ1n) is 9.98. The minimum atomic E-state index is 0.209. The van der Waals surface area contributed by atoms with Gasteiger partial charge in [-0.05, 0) is 55.9 Å². The van der Waals surface area contributed by atoms with E-state index < -0.39 is 0 Å². The first-order valence-corrected chi connectivity index (χ1v) is 9.98. The van der Waals surface area contributed by atoms with Crippen molar-refractivity contribution in [2.24, 2.45) is 4.99 Å². The van der Waals surface area contributed by atoms with E-state index >= 15 is 0 Å². The fourth-order valence-electron chi connectivity index (χ4n) is 3.20. The number of benzene rings is 2. The summed E-state index contributed by atoms with van der Waals surface area (Å²) in [5, 5.41) is 6.80. The molecular formula is C23H34N4O3. The van der Waals surface area contributed by atoms with Crippen LogP contribution < -0.4 is 24.8 Å². The molecular weight excluding hydrogens is 380 g/mol. The Morgan fingerprint density at radius 3 is 2.20 bits per heavy atom. The summed E-state index contributed by atoms with van der Waals surface area (Å²) in [6.45, 7) is 1.49. The molecule has 2 aromatic rings. The molecule has 0 spiro atoms. The van der Waals surface area contributed by atoms with Crippen LogP contribution in [0.25, 0.3) is 0 Å². The molecule has 0 aliphatic rings. The van der Waals surface area contributed by atoms with Crippen molar-refractivity contribution >= 4 is 5.96 Å². The fraction of sp³-hybridized carbons (Fsp3) is 0.435. The van der Waals surface area contributed by atoms with Gasteiger partial charge in [-0.2, -0.15) is 0 Å². The molecule has 0 saturated heterocycles. The van der Waals surface area contributed by atoms with E-state index in [-0.39, 0.29) is 6.04 Å². The van der Waals surface area contributed by atoms with E-state index in [0.29, 0.717) is 0 Å². The lowest BCUT2D eigenvalue weighted by Gasteiger charge is -2.26. The lowest BCUT2D eigenvalue weighted by atomic mass is 10.1. The van der Waals surface area contributed by atoms with Crippen molar-refractivity contribution in [3.63, 3.8) is 0 Å². The number of hydrogen-bond acceptors (Lipinski definition) is 5. The molecule has 0 saturated carbocycles. The highest BCUT2D eigenvalue weighted by molar-refractivity contribution is 5.79. The maximum atomic E-state index is 5.38. The normalized spacial score (nSPS) is 12.4. The van der Waals surface area contributed by atoms with Crippen molar-refractivity contribution < 1.29 is 14.2 Å². The summed E-state index contributed by atoms with van der Waals surface area (Å²) in [6, 6.07) is 14.4. The molecule has 0 aromatic heterocycles. The Hall–Kier alpha value is -2.93. The van der Waals surface area contributed by atoms with Gasteiger partial charge in [0.25, 0.3) is 0 Å². The minimum absolute atomic E-state index is 0.209. The largest absolute Gasteiger partial charge is 0.497 e. The maximum absolute atomic E-state index is 5.38. The average molecular weight is 415 g/mol. The summed E-state index contributed by atoms with van der Waals surface area (Å²) < 4.78 is 15.9. The van der Waals surface area contributed by atoms with Gasteiger partial charge in [-0.3, -0.25) is 4.99 Å². The van der Waals surface area contributed by atoms with Crippen molar-refractivity contribution in [3.05, 3.63) is 53.6 Å². The molecule has 164 valence electrons. The van der Waals surface area contributed by atoms with E-state index in [1.165, 1.54) is 11.1 Å². The van der Waals surface area contributed by atoms with Crippen LogP contribution in [0.3, 0.4) is 0 Å².